The van der Waals surface area contributed by atoms with Crippen LogP contribution in [0.4, 0.5) is 5.69 Å². The molecule has 1 fully saturated rings. The summed E-state index contributed by atoms with van der Waals surface area (Å²) in [5, 5.41) is 3.49. The van der Waals surface area contributed by atoms with Gasteiger partial charge in [0.1, 0.15) is 6.10 Å². The Kier molecular flexibility index (Phi) is 7.79. The maximum atomic E-state index is 12.5. The Morgan fingerprint density at radius 1 is 1.21 bits per heavy atom. The lowest BCUT2D eigenvalue weighted by atomic mass is 10.1. The zero-order valence-corrected chi connectivity index (χ0v) is 18.2. The number of amides is 2. The van der Waals surface area contributed by atoms with Gasteiger partial charge in [0.25, 0.3) is 0 Å². The van der Waals surface area contributed by atoms with Gasteiger partial charge in [-0.15, -0.1) is 11.8 Å². The van der Waals surface area contributed by atoms with Gasteiger partial charge in [0.15, 0.2) is 0 Å². The number of hydrogen-bond acceptors (Lipinski definition) is 4. The maximum absolute atomic E-state index is 12.5. The third-order valence-electron chi connectivity index (χ3n) is 4.23. The Bertz CT molecular complexity index is 834. The van der Waals surface area contributed by atoms with Crippen molar-refractivity contribution in [1.82, 2.24) is 4.90 Å². The molecular formula is C20H20BrClN2O3S. The van der Waals surface area contributed by atoms with Crippen molar-refractivity contribution in [3.05, 3.63) is 63.6 Å². The van der Waals surface area contributed by atoms with Crippen LogP contribution in [0.25, 0.3) is 0 Å². The first-order chi connectivity index (χ1) is 13.5. The van der Waals surface area contributed by atoms with E-state index >= 15 is 0 Å². The van der Waals surface area contributed by atoms with E-state index in [1.165, 1.54) is 11.8 Å². The van der Waals surface area contributed by atoms with Crippen LogP contribution in [0.1, 0.15) is 11.7 Å². The highest BCUT2D eigenvalue weighted by Gasteiger charge is 2.25. The number of anilines is 1. The molecule has 28 heavy (non-hydrogen) atoms. The van der Waals surface area contributed by atoms with Crippen LogP contribution in [0.15, 0.2) is 53.0 Å². The second kappa shape index (κ2) is 10.3. The number of hydrogen-bond donors (Lipinski definition) is 1. The summed E-state index contributed by atoms with van der Waals surface area (Å²) in [4.78, 5) is 26.3. The molecule has 0 aliphatic carbocycles. The SMILES string of the molecule is O=C(CSCC(=O)N1CCOC(c2ccc(Cl)cc2)C1)Nc1cccc(Br)c1. The Labute approximate surface area is 181 Å². The molecule has 1 aliphatic heterocycles. The van der Waals surface area contributed by atoms with Gasteiger partial charge >= 0.3 is 0 Å². The molecule has 0 aromatic heterocycles. The molecular weight excluding hydrogens is 464 g/mol. The van der Waals surface area contributed by atoms with Gasteiger partial charge in [-0.2, -0.15) is 0 Å². The second-order valence-electron chi connectivity index (χ2n) is 6.30. The largest absolute Gasteiger partial charge is 0.370 e. The Balaban J connectivity index is 1.44. The van der Waals surface area contributed by atoms with Gasteiger partial charge in [-0.25, -0.2) is 0 Å². The van der Waals surface area contributed by atoms with E-state index in [0.717, 1.165) is 15.7 Å². The molecule has 1 heterocycles. The number of carbonyl (C=O) groups excluding carboxylic acids is 2. The lowest BCUT2D eigenvalue weighted by Gasteiger charge is -2.33. The average Bonchev–Trinajstić information content (AvgIpc) is 2.68. The van der Waals surface area contributed by atoms with E-state index in [1.807, 2.05) is 48.5 Å². The molecule has 2 aromatic carbocycles. The van der Waals surface area contributed by atoms with Crippen molar-refractivity contribution in [2.24, 2.45) is 0 Å². The molecule has 0 spiro atoms. The monoisotopic (exact) mass is 482 g/mol. The molecule has 2 aromatic rings. The van der Waals surface area contributed by atoms with Crippen LogP contribution in [-0.2, 0) is 14.3 Å². The number of rotatable bonds is 6. The van der Waals surface area contributed by atoms with Crippen molar-refractivity contribution in [2.75, 3.05) is 36.5 Å². The number of benzene rings is 2. The van der Waals surface area contributed by atoms with Crippen molar-refractivity contribution in [1.29, 1.82) is 0 Å². The van der Waals surface area contributed by atoms with Crippen LogP contribution < -0.4 is 5.32 Å². The molecule has 1 N–H and O–H groups in total. The fraction of sp³-hybridized carbons (Fsp3) is 0.300. The van der Waals surface area contributed by atoms with E-state index in [9.17, 15) is 9.59 Å². The van der Waals surface area contributed by atoms with Gasteiger partial charge in [-0.1, -0.05) is 45.7 Å². The summed E-state index contributed by atoms with van der Waals surface area (Å²) in [7, 11) is 0. The van der Waals surface area contributed by atoms with Crippen molar-refractivity contribution in [3.8, 4) is 0 Å². The highest BCUT2D eigenvalue weighted by Crippen LogP contribution is 2.24. The molecule has 148 valence electrons. The van der Waals surface area contributed by atoms with E-state index in [4.69, 9.17) is 16.3 Å². The highest BCUT2D eigenvalue weighted by molar-refractivity contribution is 9.10. The van der Waals surface area contributed by atoms with Crippen molar-refractivity contribution in [3.63, 3.8) is 0 Å². The number of halogens is 2. The van der Waals surface area contributed by atoms with E-state index in [2.05, 4.69) is 21.2 Å². The summed E-state index contributed by atoms with van der Waals surface area (Å²) in [6, 6.07) is 14.9. The lowest BCUT2D eigenvalue weighted by molar-refractivity contribution is -0.136. The standard InChI is InChI=1S/C20H20BrClN2O3S/c21-15-2-1-3-17(10-15)23-19(25)12-28-13-20(26)24-8-9-27-18(11-24)14-4-6-16(22)7-5-14/h1-7,10,18H,8-9,11-13H2,(H,23,25). The predicted molar refractivity (Wildman–Crippen MR) is 117 cm³/mol. The quantitative estimate of drug-likeness (QED) is 0.663. The number of nitrogens with zero attached hydrogens (tertiary/aromatic N) is 1. The summed E-state index contributed by atoms with van der Waals surface area (Å²) in [6.45, 7) is 1.56. The van der Waals surface area contributed by atoms with Gasteiger partial charge in [0.05, 0.1) is 24.7 Å². The van der Waals surface area contributed by atoms with Crippen LogP contribution in [-0.4, -0.2) is 47.9 Å². The zero-order valence-electron chi connectivity index (χ0n) is 15.1. The van der Waals surface area contributed by atoms with E-state index in [1.54, 1.807) is 4.90 Å². The van der Waals surface area contributed by atoms with Crippen LogP contribution in [0.3, 0.4) is 0 Å². The molecule has 8 heteroatoms. The summed E-state index contributed by atoms with van der Waals surface area (Å²) < 4.78 is 6.69. The van der Waals surface area contributed by atoms with Crippen LogP contribution in [0.2, 0.25) is 5.02 Å². The van der Waals surface area contributed by atoms with Gasteiger partial charge in [-0.3, -0.25) is 9.59 Å². The first-order valence-corrected chi connectivity index (χ1v) is 11.1. The highest BCUT2D eigenvalue weighted by atomic mass is 79.9. The zero-order chi connectivity index (χ0) is 19.9. The average molecular weight is 484 g/mol. The van der Waals surface area contributed by atoms with Crippen LogP contribution in [0, 0.1) is 0 Å². The van der Waals surface area contributed by atoms with Crippen molar-refractivity contribution >= 4 is 56.8 Å². The van der Waals surface area contributed by atoms with Gasteiger partial charge in [-0.05, 0) is 35.9 Å². The number of ether oxygens (including phenoxy) is 1. The Morgan fingerprint density at radius 3 is 2.75 bits per heavy atom. The smallest absolute Gasteiger partial charge is 0.234 e. The fourth-order valence-corrected chi connectivity index (χ4v) is 4.08. The number of nitrogens with one attached hydrogen (secondary N) is 1. The molecule has 0 radical (unpaired) electrons. The molecule has 1 aliphatic rings. The molecule has 5 nitrogen and oxygen atoms in total. The van der Waals surface area contributed by atoms with Gasteiger partial charge < -0.3 is 15.0 Å². The molecule has 3 rings (SSSR count). The number of carbonyl (C=O) groups is 2. The second-order valence-corrected chi connectivity index (χ2v) is 8.64. The summed E-state index contributed by atoms with van der Waals surface area (Å²) >= 11 is 10.6. The molecule has 1 saturated heterocycles. The number of morpholine rings is 1. The Morgan fingerprint density at radius 2 is 2.00 bits per heavy atom. The minimum atomic E-state index is -0.153. The summed E-state index contributed by atoms with van der Waals surface area (Å²) in [6.07, 6.45) is -0.153. The van der Waals surface area contributed by atoms with E-state index in [0.29, 0.717) is 24.7 Å². The third-order valence-corrected chi connectivity index (χ3v) is 5.89. The third kappa shape index (κ3) is 6.24. The first kappa shape index (κ1) is 21.2. The summed E-state index contributed by atoms with van der Waals surface area (Å²) in [5.41, 5.74) is 1.73. The number of thioether (sulfide) groups is 1. The minimum absolute atomic E-state index is 0.0162. The molecule has 0 saturated carbocycles. The lowest BCUT2D eigenvalue weighted by Crippen LogP contribution is -2.43. The topological polar surface area (TPSA) is 58.6 Å². The predicted octanol–water partition coefficient (Wildman–Crippen LogP) is 4.37. The molecule has 1 atom stereocenters. The van der Waals surface area contributed by atoms with Crippen LogP contribution in [0.5, 0.6) is 0 Å². The summed E-state index contributed by atoms with van der Waals surface area (Å²) in [5.74, 6) is 0.377. The molecule has 1 unspecified atom stereocenters. The minimum Gasteiger partial charge on any atom is -0.370 e. The van der Waals surface area contributed by atoms with Crippen molar-refractivity contribution < 1.29 is 14.3 Å². The fourth-order valence-electron chi connectivity index (χ4n) is 2.84. The molecule has 0 bridgehead atoms. The van der Waals surface area contributed by atoms with Gasteiger partial charge in [0.2, 0.25) is 11.8 Å². The first-order valence-electron chi connectivity index (χ1n) is 8.79. The van der Waals surface area contributed by atoms with Crippen molar-refractivity contribution in [2.45, 2.75) is 6.10 Å². The van der Waals surface area contributed by atoms with Gasteiger partial charge in [0, 0.05) is 21.7 Å². The molecule has 2 amide bonds. The van der Waals surface area contributed by atoms with Crippen LogP contribution >= 0.6 is 39.3 Å². The van der Waals surface area contributed by atoms with E-state index in [-0.39, 0.29) is 29.4 Å². The normalized spacial score (nSPS) is 16.6. The maximum Gasteiger partial charge on any atom is 0.234 e. The Hall–Kier alpha value is -1.54. The van der Waals surface area contributed by atoms with E-state index < -0.39 is 0 Å².